The van der Waals surface area contributed by atoms with Gasteiger partial charge >= 0.3 is 0 Å². The number of anilines is 1. The predicted molar refractivity (Wildman–Crippen MR) is 84.8 cm³/mol. The van der Waals surface area contributed by atoms with Gasteiger partial charge in [0, 0.05) is 5.69 Å². The van der Waals surface area contributed by atoms with E-state index in [1.807, 2.05) is 26.0 Å². The number of carbonyl (C=O) groups excluding carboxylic acids is 1. The monoisotopic (exact) mass is 311 g/mol. The summed E-state index contributed by atoms with van der Waals surface area (Å²) in [6, 6.07) is 5.58. The molecule has 0 aromatic carbocycles. The number of rotatable bonds is 3. The highest BCUT2D eigenvalue weighted by atomic mass is 16.5. The van der Waals surface area contributed by atoms with Crippen molar-refractivity contribution in [2.75, 3.05) is 5.32 Å². The molecule has 3 aromatic heterocycles. The highest BCUT2D eigenvalue weighted by Gasteiger charge is 2.17. The van der Waals surface area contributed by atoms with Crippen molar-refractivity contribution < 1.29 is 9.32 Å². The van der Waals surface area contributed by atoms with Crippen LogP contribution in [0.2, 0.25) is 0 Å². The van der Waals surface area contributed by atoms with Gasteiger partial charge in [0.25, 0.3) is 5.91 Å². The Bertz CT molecular complexity index is 842. The molecule has 0 aliphatic carbocycles. The first-order valence-corrected chi connectivity index (χ1v) is 7.19. The molecule has 0 aliphatic rings. The van der Waals surface area contributed by atoms with Crippen molar-refractivity contribution in [3.63, 3.8) is 0 Å². The molecule has 23 heavy (non-hydrogen) atoms. The third kappa shape index (κ3) is 2.85. The van der Waals surface area contributed by atoms with E-state index in [-0.39, 0.29) is 5.91 Å². The summed E-state index contributed by atoms with van der Waals surface area (Å²) in [5.41, 5.74) is 3.54. The topological polar surface area (TPSA) is 85.8 Å². The number of carbonyl (C=O) groups is 1. The van der Waals surface area contributed by atoms with Gasteiger partial charge in [0.05, 0.1) is 23.3 Å². The van der Waals surface area contributed by atoms with Gasteiger partial charge in [-0.2, -0.15) is 5.10 Å². The minimum absolute atomic E-state index is 0.262. The third-order valence-corrected chi connectivity index (χ3v) is 3.49. The van der Waals surface area contributed by atoms with Gasteiger partial charge < -0.3 is 9.84 Å². The van der Waals surface area contributed by atoms with Crippen LogP contribution in [0, 0.1) is 27.7 Å². The summed E-state index contributed by atoms with van der Waals surface area (Å²) in [4.78, 5) is 16.6. The van der Waals surface area contributed by atoms with E-state index in [1.54, 1.807) is 30.8 Å². The minimum atomic E-state index is -0.262. The summed E-state index contributed by atoms with van der Waals surface area (Å²) in [5, 5.41) is 11.0. The largest absolute Gasteiger partial charge is 0.361 e. The summed E-state index contributed by atoms with van der Waals surface area (Å²) < 4.78 is 6.77. The SMILES string of the molecule is Cc1cc(C)n(-c2ccc(NC(=O)c3c(C)noc3C)cn2)n1. The summed E-state index contributed by atoms with van der Waals surface area (Å²) in [6.45, 7) is 7.34. The molecule has 118 valence electrons. The number of hydrogen-bond acceptors (Lipinski definition) is 5. The normalized spacial score (nSPS) is 10.8. The molecule has 0 fully saturated rings. The minimum Gasteiger partial charge on any atom is -0.361 e. The standard InChI is InChI=1S/C16H17N5O2/c1-9-7-10(2)21(19-9)14-6-5-13(8-17-14)18-16(22)15-11(3)20-23-12(15)4/h5-8H,1-4H3,(H,18,22). The zero-order valence-electron chi connectivity index (χ0n) is 13.4. The van der Waals surface area contributed by atoms with Gasteiger partial charge in [-0.1, -0.05) is 5.16 Å². The van der Waals surface area contributed by atoms with Gasteiger partial charge in [0.2, 0.25) is 0 Å². The molecule has 1 amide bonds. The van der Waals surface area contributed by atoms with Crippen LogP contribution in [0.3, 0.4) is 0 Å². The van der Waals surface area contributed by atoms with Crippen LogP contribution in [0.15, 0.2) is 28.9 Å². The summed E-state index contributed by atoms with van der Waals surface area (Å²) in [7, 11) is 0. The fourth-order valence-corrected chi connectivity index (χ4v) is 2.45. The van der Waals surface area contributed by atoms with Crippen molar-refractivity contribution in [2.45, 2.75) is 27.7 Å². The lowest BCUT2D eigenvalue weighted by molar-refractivity contribution is 0.102. The first-order chi connectivity index (χ1) is 11.0. The van der Waals surface area contributed by atoms with Crippen molar-refractivity contribution in [3.8, 4) is 5.82 Å². The van der Waals surface area contributed by atoms with Gasteiger partial charge in [0.15, 0.2) is 5.82 Å². The Balaban J connectivity index is 1.80. The second-order valence-corrected chi connectivity index (χ2v) is 5.40. The molecule has 0 atom stereocenters. The highest BCUT2D eigenvalue weighted by Crippen LogP contribution is 2.16. The van der Waals surface area contributed by atoms with Crippen LogP contribution in [-0.2, 0) is 0 Å². The Hall–Kier alpha value is -2.96. The number of pyridine rings is 1. The van der Waals surface area contributed by atoms with Gasteiger partial charge in [0.1, 0.15) is 11.3 Å². The molecule has 3 aromatic rings. The van der Waals surface area contributed by atoms with E-state index in [9.17, 15) is 4.79 Å². The molecular formula is C16H17N5O2. The van der Waals surface area contributed by atoms with Crippen LogP contribution in [0.1, 0.15) is 33.2 Å². The second-order valence-electron chi connectivity index (χ2n) is 5.40. The highest BCUT2D eigenvalue weighted by molar-refractivity contribution is 6.05. The van der Waals surface area contributed by atoms with Crippen LogP contribution in [0.5, 0.6) is 0 Å². The fourth-order valence-electron chi connectivity index (χ4n) is 2.45. The number of aromatic nitrogens is 4. The maximum Gasteiger partial charge on any atom is 0.261 e. The molecule has 0 unspecified atom stereocenters. The molecule has 7 heteroatoms. The molecule has 3 rings (SSSR count). The van der Waals surface area contributed by atoms with Gasteiger partial charge in [-0.15, -0.1) is 0 Å². The van der Waals surface area contributed by atoms with E-state index >= 15 is 0 Å². The van der Waals surface area contributed by atoms with Crippen LogP contribution < -0.4 is 5.32 Å². The fraction of sp³-hybridized carbons (Fsp3) is 0.250. The second kappa shape index (κ2) is 5.68. The molecule has 0 radical (unpaired) electrons. The molecule has 0 bridgehead atoms. The molecule has 1 N–H and O–H groups in total. The quantitative estimate of drug-likeness (QED) is 0.803. The van der Waals surface area contributed by atoms with Crippen molar-refractivity contribution in [1.82, 2.24) is 19.9 Å². The number of amides is 1. The average molecular weight is 311 g/mol. The Morgan fingerprint density at radius 3 is 2.52 bits per heavy atom. The lowest BCUT2D eigenvalue weighted by Crippen LogP contribution is -2.14. The van der Waals surface area contributed by atoms with Crippen LogP contribution in [0.25, 0.3) is 5.82 Å². The lowest BCUT2D eigenvalue weighted by Gasteiger charge is -2.07. The third-order valence-electron chi connectivity index (χ3n) is 3.49. The lowest BCUT2D eigenvalue weighted by atomic mass is 10.2. The smallest absolute Gasteiger partial charge is 0.261 e. The molecule has 3 heterocycles. The molecule has 0 spiro atoms. The van der Waals surface area contributed by atoms with Crippen LogP contribution in [-0.4, -0.2) is 25.8 Å². The Labute approximate surface area is 133 Å². The maximum atomic E-state index is 12.3. The first-order valence-electron chi connectivity index (χ1n) is 7.19. The Kier molecular flexibility index (Phi) is 3.69. The number of hydrogen-bond donors (Lipinski definition) is 1. The zero-order valence-corrected chi connectivity index (χ0v) is 13.4. The Morgan fingerprint density at radius 1 is 1.22 bits per heavy atom. The molecule has 0 aliphatic heterocycles. The molecule has 0 saturated carbocycles. The molecular weight excluding hydrogens is 294 g/mol. The maximum absolute atomic E-state index is 12.3. The van der Waals surface area contributed by atoms with Crippen molar-refractivity contribution in [1.29, 1.82) is 0 Å². The van der Waals surface area contributed by atoms with E-state index in [4.69, 9.17) is 4.52 Å². The predicted octanol–water partition coefficient (Wildman–Crippen LogP) is 2.74. The van der Waals surface area contributed by atoms with Gasteiger partial charge in [-0.05, 0) is 45.9 Å². The summed E-state index contributed by atoms with van der Waals surface area (Å²) >= 11 is 0. The first kappa shape index (κ1) is 15.0. The summed E-state index contributed by atoms with van der Waals surface area (Å²) in [5.74, 6) is 0.931. The van der Waals surface area contributed by atoms with Crippen LogP contribution >= 0.6 is 0 Å². The van der Waals surface area contributed by atoms with E-state index in [0.29, 0.717) is 28.5 Å². The van der Waals surface area contributed by atoms with E-state index < -0.39 is 0 Å². The summed E-state index contributed by atoms with van der Waals surface area (Å²) in [6.07, 6.45) is 1.60. The van der Waals surface area contributed by atoms with Crippen molar-refractivity contribution >= 4 is 11.6 Å². The number of nitrogens with one attached hydrogen (secondary N) is 1. The van der Waals surface area contributed by atoms with E-state index in [0.717, 1.165) is 11.4 Å². The number of aryl methyl sites for hydroxylation is 4. The zero-order chi connectivity index (χ0) is 16.6. The van der Waals surface area contributed by atoms with E-state index in [2.05, 4.69) is 20.6 Å². The van der Waals surface area contributed by atoms with Gasteiger partial charge in [-0.3, -0.25) is 4.79 Å². The van der Waals surface area contributed by atoms with E-state index in [1.165, 1.54) is 0 Å². The molecule has 0 saturated heterocycles. The average Bonchev–Trinajstić information content (AvgIpc) is 3.01. The Morgan fingerprint density at radius 2 is 2.00 bits per heavy atom. The van der Waals surface area contributed by atoms with Crippen LogP contribution in [0.4, 0.5) is 5.69 Å². The van der Waals surface area contributed by atoms with Crippen molar-refractivity contribution in [2.24, 2.45) is 0 Å². The molecule has 7 nitrogen and oxygen atoms in total. The van der Waals surface area contributed by atoms with Gasteiger partial charge in [-0.25, -0.2) is 9.67 Å². The number of nitrogens with zero attached hydrogens (tertiary/aromatic N) is 4. The van der Waals surface area contributed by atoms with Crippen molar-refractivity contribution in [3.05, 3.63) is 52.8 Å².